The van der Waals surface area contributed by atoms with Gasteiger partial charge in [-0.15, -0.1) is 0 Å². The number of halogens is 1. The van der Waals surface area contributed by atoms with Crippen LogP contribution in [0.15, 0.2) is 12.3 Å². The van der Waals surface area contributed by atoms with Crippen molar-refractivity contribution >= 4 is 23.5 Å². The Morgan fingerprint density at radius 1 is 1.61 bits per heavy atom. The average Bonchev–Trinajstić information content (AvgIpc) is 2.36. The fraction of sp³-hybridized carbons (Fsp3) is 0.500. The first kappa shape index (κ1) is 14.8. The third kappa shape index (κ3) is 3.87. The van der Waals surface area contributed by atoms with Crippen molar-refractivity contribution in [2.24, 2.45) is 0 Å². The van der Waals surface area contributed by atoms with Crippen LogP contribution in [-0.4, -0.2) is 36.0 Å². The van der Waals surface area contributed by atoms with Crippen LogP contribution >= 0.6 is 11.8 Å². The van der Waals surface area contributed by atoms with Crippen molar-refractivity contribution in [2.75, 3.05) is 24.4 Å². The summed E-state index contributed by atoms with van der Waals surface area (Å²) in [4.78, 5) is 15.7. The predicted octanol–water partition coefficient (Wildman–Crippen LogP) is 2.13. The van der Waals surface area contributed by atoms with Gasteiger partial charge in [-0.3, -0.25) is 4.79 Å². The Morgan fingerprint density at radius 3 is 2.94 bits per heavy atom. The summed E-state index contributed by atoms with van der Waals surface area (Å²) >= 11 is 1.72. The number of nitrogens with one attached hydrogen (secondary N) is 2. The van der Waals surface area contributed by atoms with Crippen LogP contribution in [0, 0.1) is 5.82 Å². The largest absolute Gasteiger partial charge is 0.371 e. The van der Waals surface area contributed by atoms with Gasteiger partial charge in [0.1, 0.15) is 0 Å². The molecule has 0 bridgehead atoms. The summed E-state index contributed by atoms with van der Waals surface area (Å²) < 4.78 is 13.8. The van der Waals surface area contributed by atoms with Crippen LogP contribution in [0.25, 0.3) is 0 Å². The summed E-state index contributed by atoms with van der Waals surface area (Å²) in [6.45, 7) is 1.91. The lowest BCUT2D eigenvalue weighted by Gasteiger charge is -2.14. The van der Waals surface area contributed by atoms with E-state index in [1.54, 1.807) is 18.8 Å². The van der Waals surface area contributed by atoms with Crippen molar-refractivity contribution in [1.82, 2.24) is 10.3 Å². The third-order valence-electron chi connectivity index (χ3n) is 2.50. The highest BCUT2D eigenvalue weighted by atomic mass is 32.2. The molecule has 1 amide bonds. The van der Waals surface area contributed by atoms with Gasteiger partial charge in [0.25, 0.3) is 5.91 Å². The number of aromatic nitrogens is 1. The first-order chi connectivity index (χ1) is 8.60. The van der Waals surface area contributed by atoms with E-state index < -0.39 is 11.7 Å². The van der Waals surface area contributed by atoms with E-state index in [0.717, 1.165) is 12.2 Å². The van der Waals surface area contributed by atoms with Gasteiger partial charge in [-0.05, 0) is 31.4 Å². The maximum Gasteiger partial charge on any atom is 0.254 e. The van der Waals surface area contributed by atoms with Gasteiger partial charge in [0.15, 0.2) is 11.6 Å². The van der Waals surface area contributed by atoms with Gasteiger partial charge in [-0.2, -0.15) is 11.8 Å². The van der Waals surface area contributed by atoms with Gasteiger partial charge in [-0.1, -0.05) is 0 Å². The number of carbonyl (C=O) groups excluding carboxylic acids is 1. The number of thioether (sulfide) groups is 1. The molecule has 0 saturated heterocycles. The molecule has 100 valence electrons. The standard InChI is InChI=1S/C12H18FN3OS/c1-8(5-7-18-3)16-12(17)9-4-6-15-11(14-2)10(9)13/h4,6,8H,5,7H2,1-3H3,(H,14,15)(H,16,17). The van der Waals surface area contributed by atoms with Crippen molar-refractivity contribution in [3.8, 4) is 0 Å². The number of nitrogens with zero attached hydrogens (tertiary/aromatic N) is 1. The van der Waals surface area contributed by atoms with E-state index in [-0.39, 0.29) is 17.4 Å². The van der Waals surface area contributed by atoms with Crippen molar-refractivity contribution in [1.29, 1.82) is 0 Å². The fourth-order valence-corrected chi connectivity index (χ4v) is 2.05. The van der Waals surface area contributed by atoms with Gasteiger partial charge >= 0.3 is 0 Å². The van der Waals surface area contributed by atoms with Crippen LogP contribution < -0.4 is 10.6 Å². The number of hydrogen-bond acceptors (Lipinski definition) is 4. The minimum Gasteiger partial charge on any atom is -0.371 e. The molecule has 1 aromatic rings. The van der Waals surface area contributed by atoms with Gasteiger partial charge in [-0.25, -0.2) is 9.37 Å². The molecule has 0 aliphatic carbocycles. The molecule has 0 aliphatic rings. The monoisotopic (exact) mass is 271 g/mol. The number of pyridine rings is 1. The smallest absolute Gasteiger partial charge is 0.254 e. The van der Waals surface area contributed by atoms with Crippen LogP contribution in [0.3, 0.4) is 0 Å². The Balaban J connectivity index is 2.72. The Kier molecular flexibility index (Phi) is 5.91. The highest BCUT2D eigenvalue weighted by molar-refractivity contribution is 7.98. The molecule has 1 heterocycles. The average molecular weight is 271 g/mol. The lowest BCUT2D eigenvalue weighted by atomic mass is 10.2. The van der Waals surface area contributed by atoms with Gasteiger partial charge in [0.2, 0.25) is 0 Å². The zero-order valence-electron chi connectivity index (χ0n) is 10.8. The second-order valence-electron chi connectivity index (χ2n) is 3.93. The zero-order chi connectivity index (χ0) is 13.5. The van der Waals surface area contributed by atoms with E-state index in [2.05, 4.69) is 15.6 Å². The Bertz CT molecular complexity index is 414. The van der Waals surface area contributed by atoms with E-state index in [9.17, 15) is 9.18 Å². The van der Waals surface area contributed by atoms with Crippen LogP contribution in [-0.2, 0) is 0 Å². The second kappa shape index (κ2) is 7.20. The normalized spacial score (nSPS) is 12.0. The predicted molar refractivity (Wildman–Crippen MR) is 73.7 cm³/mol. The SMILES string of the molecule is CNc1nccc(C(=O)NC(C)CCSC)c1F. The molecule has 1 atom stereocenters. The van der Waals surface area contributed by atoms with Crippen molar-refractivity contribution in [3.63, 3.8) is 0 Å². The number of carbonyl (C=O) groups is 1. The summed E-state index contributed by atoms with van der Waals surface area (Å²) in [6, 6.07) is 1.41. The molecule has 1 aromatic heterocycles. The summed E-state index contributed by atoms with van der Waals surface area (Å²) in [5.74, 6) is 0.0242. The number of amides is 1. The van der Waals surface area contributed by atoms with Gasteiger partial charge in [0.05, 0.1) is 5.56 Å². The van der Waals surface area contributed by atoms with Crippen molar-refractivity contribution < 1.29 is 9.18 Å². The molecule has 1 unspecified atom stereocenters. The fourth-order valence-electron chi connectivity index (χ4n) is 1.46. The number of rotatable bonds is 6. The second-order valence-corrected chi connectivity index (χ2v) is 4.91. The lowest BCUT2D eigenvalue weighted by molar-refractivity contribution is 0.0935. The van der Waals surface area contributed by atoms with Crippen molar-refractivity contribution in [2.45, 2.75) is 19.4 Å². The van der Waals surface area contributed by atoms with E-state index in [0.29, 0.717) is 0 Å². The van der Waals surface area contributed by atoms with Gasteiger partial charge < -0.3 is 10.6 Å². The quantitative estimate of drug-likeness (QED) is 0.832. The van der Waals surface area contributed by atoms with Crippen LogP contribution in [0.5, 0.6) is 0 Å². The van der Waals surface area contributed by atoms with E-state index in [1.165, 1.54) is 12.3 Å². The molecule has 1 rings (SSSR count). The molecule has 0 aliphatic heterocycles. The van der Waals surface area contributed by atoms with E-state index in [4.69, 9.17) is 0 Å². The summed E-state index contributed by atoms with van der Waals surface area (Å²) in [6.07, 6.45) is 4.28. The Morgan fingerprint density at radius 2 is 2.33 bits per heavy atom. The molecule has 2 N–H and O–H groups in total. The van der Waals surface area contributed by atoms with Crippen LogP contribution in [0.2, 0.25) is 0 Å². The summed E-state index contributed by atoms with van der Waals surface area (Å²) in [5.41, 5.74) is 0.0188. The maximum atomic E-state index is 13.8. The molecule has 0 radical (unpaired) electrons. The highest BCUT2D eigenvalue weighted by Gasteiger charge is 2.16. The molecule has 0 saturated carbocycles. The molecule has 6 heteroatoms. The first-order valence-corrected chi connectivity index (χ1v) is 7.11. The topological polar surface area (TPSA) is 54.0 Å². The van der Waals surface area contributed by atoms with E-state index in [1.807, 2.05) is 13.2 Å². The van der Waals surface area contributed by atoms with Gasteiger partial charge in [0, 0.05) is 19.3 Å². The molecule has 0 fully saturated rings. The van der Waals surface area contributed by atoms with Crippen molar-refractivity contribution in [3.05, 3.63) is 23.6 Å². The minimum absolute atomic E-state index is 0.0188. The first-order valence-electron chi connectivity index (χ1n) is 5.72. The highest BCUT2D eigenvalue weighted by Crippen LogP contribution is 2.14. The molecular weight excluding hydrogens is 253 g/mol. The lowest BCUT2D eigenvalue weighted by Crippen LogP contribution is -2.33. The molecular formula is C12H18FN3OS. The molecule has 0 aromatic carbocycles. The van der Waals surface area contributed by atoms with Crippen LogP contribution in [0.4, 0.5) is 10.2 Å². The Hall–Kier alpha value is -1.30. The third-order valence-corrected chi connectivity index (χ3v) is 3.15. The van der Waals surface area contributed by atoms with Crippen LogP contribution in [0.1, 0.15) is 23.7 Å². The molecule has 0 spiro atoms. The summed E-state index contributed by atoms with van der Waals surface area (Å²) in [7, 11) is 1.56. The number of anilines is 1. The minimum atomic E-state index is -0.616. The van der Waals surface area contributed by atoms with E-state index >= 15 is 0 Å². The number of hydrogen-bond donors (Lipinski definition) is 2. The molecule has 4 nitrogen and oxygen atoms in total. The molecule has 18 heavy (non-hydrogen) atoms. The maximum absolute atomic E-state index is 13.8. The Labute approximate surface area is 111 Å². The zero-order valence-corrected chi connectivity index (χ0v) is 11.6. The summed E-state index contributed by atoms with van der Waals surface area (Å²) in [5, 5.41) is 5.38.